The minimum absolute atomic E-state index is 0.00343. The molecule has 1 saturated carbocycles. The number of nitrogens with one attached hydrogen (secondary N) is 2. The average molecular weight is 619 g/mol. The molecule has 11 nitrogen and oxygen atoms in total. The van der Waals surface area contributed by atoms with E-state index in [1.165, 1.54) is 48.8 Å². The van der Waals surface area contributed by atoms with Crippen molar-refractivity contribution in [2.75, 3.05) is 43.2 Å². The first-order valence-electron chi connectivity index (χ1n) is 15.2. The van der Waals surface area contributed by atoms with E-state index >= 15 is 4.39 Å². The van der Waals surface area contributed by atoms with E-state index in [0.717, 1.165) is 23.1 Å². The van der Waals surface area contributed by atoms with Crippen molar-refractivity contribution < 1.29 is 32.0 Å². The van der Waals surface area contributed by atoms with E-state index in [2.05, 4.69) is 20.6 Å². The van der Waals surface area contributed by atoms with Crippen molar-refractivity contribution in [1.29, 1.82) is 0 Å². The van der Waals surface area contributed by atoms with Crippen LogP contribution < -0.4 is 26.0 Å². The lowest BCUT2D eigenvalue weighted by atomic mass is 10.0. The van der Waals surface area contributed by atoms with Gasteiger partial charge in [-0.2, -0.15) is 0 Å². The highest BCUT2D eigenvalue weighted by molar-refractivity contribution is 6.16. The minimum atomic E-state index is -2.84. The molecule has 0 aliphatic heterocycles. The molecule has 1 aliphatic rings. The molecule has 1 aromatic heterocycles. The highest BCUT2D eigenvalue weighted by Gasteiger charge is 2.57. The van der Waals surface area contributed by atoms with Gasteiger partial charge in [-0.25, -0.2) is 18.7 Å². The Balaban J connectivity index is 1.50. The van der Waals surface area contributed by atoms with Crippen molar-refractivity contribution in [2.45, 2.75) is 12.8 Å². The topological polar surface area (TPSA) is 143 Å². The minimum Gasteiger partial charge on any atom is -0.494 e. The van der Waals surface area contributed by atoms with Crippen LogP contribution in [0.3, 0.4) is 0 Å². The van der Waals surface area contributed by atoms with Gasteiger partial charge in [0.2, 0.25) is 17.7 Å². The Kier molecular flexibility index (Phi) is 7.64. The van der Waals surface area contributed by atoms with E-state index in [1.54, 1.807) is 6.08 Å². The number of carbonyl (C=O) groups excluding carboxylic acids is 3. The van der Waals surface area contributed by atoms with E-state index in [0.29, 0.717) is 6.54 Å². The maximum absolute atomic E-state index is 15.7. The number of benzene rings is 3. The zero-order valence-corrected chi connectivity index (χ0v) is 24.3. The first-order chi connectivity index (χ1) is 22.7. The molecule has 13 heteroatoms. The van der Waals surface area contributed by atoms with Crippen LogP contribution in [0.2, 0.25) is 0 Å². The standard InChI is InChI=1S/C32H31F2N7O4/c1-40(2)14-4-5-28(42)38-26-16-22-25(17-27(26)45-3)36-18-37-29(22)39-24-11-10-21(15-23(24)34)41(20-8-6-19(33)7-9-20)31(44)32(12-13-32)30(35)43/h4-11,15-18H,12-14H2,1-3H3,(H2,35,43)(H,38,42)(H,36,37,39)/b5-4+/i3D3. The number of amides is 3. The summed E-state index contributed by atoms with van der Waals surface area (Å²) >= 11 is 0. The second kappa shape index (κ2) is 12.7. The van der Waals surface area contributed by atoms with Crippen molar-refractivity contribution in [1.82, 2.24) is 14.9 Å². The Morgan fingerprint density at radius 2 is 1.78 bits per heavy atom. The fourth-order valence-electron chi connectivity index (χ4n) is 4.66. The van der Waals surface area contributed by atoms with Crippen LogP contribution in [0.15, 0.2) is 73.1 Å². The summed E-state index contributed by atoms with van der Waals surface area (Å²) < 4.78 is 57.2. The van der Waals surface area contributed by atoms with E-state index in [1.807, 2.05) is 19.0 Å². The molecule has 0 radical (unpaired) electrons. The molecule has 232 valence electrons. The SMILES string of the molecule is [2H]C([2H])([2H])Oc1cc2ncnc(Nc3ccc(N(C(=O)C4(C(N)=O)CC4)c4ccc(F)cc4)cc3F)c2cc1NC(=O)/C=C/CN(C)C. The first kappa shape index (κ1) is 27.1. The number of ether oxygens (including phenoxy) is 1. The smallest absolute Gasteiger partial charge is 0.248 e. The molecular weight excluding hydrogens is 584 g/mol. The number of likely N-dealkylation sites (N-methyl/N-ethyl adjacent to an activating group) is 1. The van der Waals surface area contributed by atoms with Crippen LogP contribution in [0.5, 0.6) is 5.75 Å². The van der Waals surface area contributed by atoms with Gasteiger partial charge in [0.05, 0.1) is 33.7 Å². The molecule has 0 spiro atoms. The molecule has 0 bridgehead atoms. The summed E-state index contributed by atoms with van der Waals surface area (Å²) in [7, 11) is 0.812. The zero-order valence-electron chi connectivity index (χ0n) is 27.3. The lowest BCUT2D eigenvalue weighted by Gasteiger charge is -2.27. The molecule has 1 aliphatic carbocycles. The Bertz CT molecular complexity index is 1920. The number of hydrogen-bond acceptors (Lipinski definition) is 8. The zero-order chi connectivity index (χ0) is 34.8. The Morgan fingerprint density at radius 1 is 1.04 bits per heavy atom. The highest BCUT2D eigenvalue weighted by Crippen LogP contribution is 2.49. The fraction of sp³-hybridized carbons (Fsp3) is 0.219. The number of nitrogens with zero attached hydrogens (tertiary/aromatic N) is 4. The van der Waals surface area contributed by atoms with Crippen LogP contribution in [0.4, 0.5) is 37.3 Å². The van der Waals surface area contributed by atoms with Gasteiger partial charge in [0.15, 0.2) is 0 Å². The normalized spacial score (nSPS) is 14.8. The monoisotopic (exact) mass is 618 g/mol. The summed E-state index contributed by atoms with van der Waals surface area (Å²) in [6.07, 6.45) is 4.54. The number of anilines is 5. The van der Waals surface area contributed by atoms with Crippen molar-refractivity contribution in [2.24, 2.45) is 11.1 Å². The number of halogens is 2. The van der Waals surface area contributed by atoms with Gasteiger partial charge in [0.1, 0.15) is 34.9 Å². The van der Waals surface area contributed by atoms with E-state index in [9.17, 15) is 18.8 Å². The van der Waals surface area contributed by atoms with Crippen LogP contribution in [-0.4, -0.2) is 60.3 Å². The quantitative estimate of drug-likeness (QED) is 0.163. The molecule has 5 rings (SSSR count). The molecule has 0 atom stereocenters. The number of rotatable bonds is 11. The first-order valence-corrected chi connectivity index (χ1v) is 13.7. The number of aromatic nitrogens is 2. The summed E-state index contributed by atoms with van der Waals surface area (Å²) in [6.45, 7) is 0.484. The Morgan fingerprint density at radius 3 is 2.42 bits per heavy atom. The predicted molar refractivity (Wildman–Crippen MR) is 167 cm³/mol. The second-order valence-corrected chi connectivity index (χ2v) is 10.7. The van der Waals surface area contributed by atoms with Crippen LogP contribution in [-0.2, 0) is 14.4 Å². The van der Waals surface area contributed by atoms with Crippen LogP contribution >= 0.6 is 0 Å². The molecule has 1 heterocycles. The summed E-state index contributed by atoms with van der Waals surface area (Å²) in [5, 5.41) is 5.77. The van der Waals surface area contributed by atoms with Gasteiger partial charge in [0.25, 0.3) is 0 Å². The lowest BCUT2D eigenvalue weighted by Crippen LogP contribution is -2.41. The highest BCUT2D eigenvalue weighted by atomic mass is 19.1. The number of nitrogens with two attached hydrogens (primary N) is 1. The molecule has 4 aromatic rings. The van der Waals surface area contributed by atoms with Crippen LogP contribution in [0.1, 0.15) is 17.0 Å². The van der Waals surface area contributed by atoms with Gasteiger partial charge in [-0.05, 0) is 69.4 Å². The predicted octanol–water partition coefficient (Wildman–Crippen LogP) is 4.65. The third-order valence-corrected chi connectivity index (χ3v) is 7.23. The number of carbonyl (C=O) groups is 3. The number of primary amides is 1. The van der Waals surface area contributed by atoms with Gasteiger partial charge in [-0.15, -0.1) is 0 Å². The lowest BCUT2D eigenvalue weighted by molar-refractivity contribution is -0.133. The summed E-state index contributed by atoms with van der Waals surface area (Å²) in [4.78, 5) is 49.8. The van der Waals surface area contributed by atoms with Gasteiger partial charge in [-0.1, -0.05) is 6.08 Å². The maximum atomic E-state index is 15.7. The molecule has 0 saturated heterocycles. The molecule has 3 amide bonds. The van der Waals surface area contributed by atoms with Gasteiger partial charge in [-0.3, -0.25) is 19.3 Å². The van der Waals surface area contributed by atoms with E-state index in [-0.39, 0.29) is 58.1 Å². The Hall–Kier alpha value is -5.43. The summed E-state index contributed by atoms with van der Waals surface area (Å²) in [6, 6.07) is 11.5. The summed E-state index contributed by atoms with van der Waals surface area (Å²) in [5.41, 5.74) is 4.52. The Labute approximate surface area is 261 Å². The molecule has 0 unspecified atom stereocenters. The van der Waals surface area contributed by atoms with Gasteiger partial charge in [0, 0.05) is 35.8 Å². The second-order valence-electron chi connectivity index (χ2n) is 10.7. The fourth-order valence-corrected chi connectivity index (χ4v) is 4.66. The maximum Gasteiger partial charge on any atom is 0.248 e. The summed E-state index contributed by atoms with van der Waals surface area (Å²) in [5.74, 6) is -3.46. The van der Waals surface area contributed by atoms with Gasteiger partial charge < -0.3 is 26.0 Å². The van der Waals surface area contributed by atoms with Crippen molar-refractivity contribution in [3.63, 3.8) is 0 Å². The van der Waals surface area contributed by atoms with Gasteiger partial charge >= 0.3 is 0 Å². The van der Waals surface area contributed by atoms with Crippen molar-refractivity contribution in [3.05, 3.63) is 84.7 Å². The van der Waals surface area contributed by atoms with E-state index in [4.69, 9.17) is 14.6 Å². The number of fused-ring (bicyclic) bond motifs is 1. The number of methoxy groups -OCH3 is 1. The van der Waals surface area contributed by atoms with Crippen molar-refractivity contribution in [3.8, 4) is 5.75 Å². The average Bonchev–Trinajstić information content (AvgIpc) is 3.82. The van der Waals surface area contributed by atoms with Crippen LogP contribution in [0.25, 0.3) is 10.9 Å². The van der Waals surface area contributed by atoms with Crippen LogP contribution in [0, 0.1) is 17.0 Å². The number of hydrogen-bond donors (Lipinski definition) is 3. The van der Waals surface area contributed by atoms with E-state index < -0.39 is 41.8 Å². The molecule has 4 N–H and O–H groups in total. The molecule has 3 aromatic carbocycles. The third-order valence-electron chi connectivity index (χ3n) is 7.23. The molecular formula is C32H31F2N7O4. The largest absolute Gasteiger partial charge is 0.494 e. The molecule has 1 fully saturated rings. The van der Waals surface area contributed by atoms with Crippen molar-refractivity contribution >= 4 is 57.2 Å². The molecule has 45 heavy (non-hydrogen) atoms. The third kappa shape index (κ3) is 6.58.